The number of terminal acetylenes is 1. The molecule has 0 spiro atoms. The van der Waals surface area contributed by atoms with Gasteiger partial charge in [-0.3, -0.25) is 4.79 Å². The summed E-state index contributed by atoms with van der Waals surface area (Å²) in [4.78, 5) is 11.3. The zero-order valence-electron chi connectivity index (χ0n) is 7.87. The lowest BCUT2D eigenvalue weighted by Gasteiger charge is -2.33. The van der Waals surface area contributed by atoms with E-state index < -0.39 is 17.1 Å². The predicted molar refractivity (Wildman–Crippen MR) is 47.8 cm³/mol. The number of Topliss-reactive ketones (excluding diaryl/α,β-unsaturated/α-hetero) is 1. The fourth-order valence-corrected chi connectivity index (χ4v) is 1.76. The topological polar surface area (TPSA) is 57.5 Å². The van der Waals surface area contributed by atoms with Gasteiger partial charge < -0.3 is 10.2 Å². The molecule has 0 bridgehead atoms. The van der Waals surface area contributed by atoms with Crippen LogP contribution in [-0.4, -0.2) is 27.7 Å². The number of ketones is 1. The SMILES string of the molecule is C#C[C@@H](O)[C@](C)(O)C1(C(C)=O)CC1. The smallest absolute Gasteiger partial charge is 0.143 e. The molecule has 0 aromatic heterocycles. The first-order valence-corrected chi connectivity index (χ1v) is 4.26. The maximum atomic E-state index is 11.3. The first-order chi connectivity index (χ1) is 5.88. The fraction of sp³-hybridized carbons (Fsp3) is 0.700. The van der Waals surface area contributed by atoms with Gasteiger partial charge in [0.05, 0.1) is 5.41 Å². The summed E-state index contributed by atoms with van der Waals surface area (Å²) in [7, 11) is 0. The molecule has 0 heterocycles. The Kier molecular flexibility index (Phi) is 2.23. The highest BCUT2D eigenvalue weighted by Gasteiger charge is 2.62. The second kappa shape index (κ2) is 2.83. The van der Waals surface area contributed by atoms with Crippen LogP contribution < -0.4 is 0 Å². The molecular weight excluding hydrogens is 168 g/mol. The molecule has 1 rings (SSSR count). The minimum Gasteiger partial charge on any atom is -0.385 e. The van der Waals surface area contributed by atoms with Gasteiger partial charge in [-0.05, 0) is 26.7 Å². The van der Waals surface area contributed by atoms with Gasteiger partial charge in [0.2, 0.25) is 0 Å². The van der Waals surface area contributed by atoms with E-state index in [4.69, 9.17) is 6.42 Å². The predicted octanol–water partition coefficient (Wildman–Crippen LogP) is 0.101. The molecule has 1 aliphatic rings. The normalized spacial score (nSPS) is 25.5. The average molecular weight is 182 g/mol. The Morgan fingerprint density at radius 1 is 1.69 bits per heavy atom. The molecule has 1 fully saturated rings. The number of aliphatic hydroxyl groups excluding tert-OH is 1. The van der Waals surface area contributed by atoms with Gasteiger partial charge in [-0.25, -0.2) is 0 Å². The summed E-state index contributed by atoms with van der Waals surface area (Å²) >= 11 is 0. The third-order valence-electron chi connectivity index (χ3n) is 3.08. The van der Waals surface area contributed by atoms with Crippen LogP contribution in [-0.2, 0) is 4.79 Å². The Balaban J connectivity index is 2.94. The van der Waals surface area contributed by atoms with Gasteiger partial charge in [0.25, 0.3) is 0 Å². The van der Waals surface area contributed by atoms with Crippen molar-refractivity contribution in [1.29, 1.82) is 0 Å². The lowest BCUT2D eigenvalue weighted by Crippen LogP contribution is -2.49. The number of carbonyl (C=O) groups is 1. The van der Waals surface area contributed by atoms with Gasteiger partial charge in [0.1, 0.15) is 17.5 Å². The minimum atomic E-state index is -1.49. The maximum absolute atomic E-state index is 11.3. The Morgan fingerprint density at radius 3 is 2.38 bits per heavy atom. The number of rotatable bonds is 3. The summed E-state index contributed by atoms with van der Waals surface area (Å²) in [6.07, 6.45) is 4.94. The summed E-state index contributed by atoms with van der Waals surface area (Å²) in [5, 5.41) is 19.3. The zero-order chi connectivity index (χ0) is 10.3. The third kappa shape index (κ3) is 1.27. The van der Waals surface area contributed by atoms with Crippen molar-refractivity contribution in [2.45, 2.75) is 38.4 Å². The van der Waals surface area contributed by atoms with Crippen molar-refractivity contribution in [3.05, 3.63) is 0 Å². The van der Waals surface area contributed by atoms with Crippen LogP contribution in [0.5, 0.6) is 0 Å². The van der Waals surface area contributed by atoms with Crippen molar-refractivity contribution in [2.75, 3.05) is 0 Å². The van der Waals surface area contributed by atoms with Crippen LogP contribution in [0.4, 0.5) is 0 Å². The Bertz CT molecular complexity index is 268. The highest BCUT2D eigenvalue weighted by Crippen LogP contribution is 2.55. The van der Waals surface area contributed by atoms with E-state index in [0.29, 0.717) is 12.8 Å². The van der Waals surface area contributed by atoms with E-state index in [9.17, 15) is 15.0 Å². The minimum absolute atomic E-state index is 0.105. The van der Waals surface area contributed by atoms with E-state index in [0.717, 1.165) is 0 Å². The van der Waals surface area contributed by atoms with E-state index in [-0.39, 0.29) is 5.78 Å². The largest absolute Gasteiger partial charge is 0.385 e. The number of hydrogen-bond donors (Lipinski definition) is 2. The average Bonchev–Trinajstić information content (AvgIpc) is 2.82. The van der Waals surface area contributed by atoms with Crippen LogP contribution in [0.3, 0.4) is 0 Å². The van der Waals surface area contributed by atoms with Crippen molar-refractivity contribution in [3.63, 3.8) is 0 Å². The highest BCUT2D eigenvalue weighted by molar-refractivity contribution is 5.86. The number of aliphatic hydroxyl groups is 2. The molecule has 2 N–H and O–H groups in total. The maximum Gasteiger partial charge on any atom is 0.143 e. The number of hydrogen-bond acceptors (Lipinski definition) is 3. The zero-order valence-corrected chi connectivity index (χ0v) is 7.87. The molecule has 3 nitrogen and oxygen atoms in total. The molecule has 0 amide bonds. The molecule has 1 saturated carbocycles. The van der Waals surface area contributed by atoms with Gasteiger partial charge in [-0.1, -0.05) is 5.92 Å². The van der Waals surface area contributed by atoms with Gasteiger partial charge in [0, 0.05) is 0 Å². The summed E-state index contributed by atoms with van der Waals surface area (Å²) in [6.45, 7) is 2.84. The molecule has 0 aromatic rings. The summed E-state index contributed by atoms with van der Waals surface area (Å²) < 4.78 is 0. The summed E-state index contributed by atoms with van der Waals surface area (Å²) in [6, 6.07) is 0. The lowest BCUT2D eigenvalue weighted by molar-refractivity contribution is -0.141. The second-order valence-corrected chi connectivity index (χ2v) is 3.86. The first kappa shape index (κ1) is 10.2. The second-order valence-electron chi connectivity index (χ2n) is 3.86. The van der Waals surface area contributed by atoms with E-state index in [1.54, 1.807) is 0 Å². The van der Waals surface area contributed by atoms with Crippen LogP contribution in [0, 0.1) is 17.8 Å². The Hall–Kier alpha value is -0.850. The molecule has 0 aromatic carbocycles. The molecule has 1 aliphatic carbocycles. The van der Waals surface area contributed by atoms with Crippen molar-refractivity contribution < 1.29 is 15.0 Å². The van der Waals surface area contributed by atoms with Crippen LogP contribution in [0.25, 0.3) is 0 Å². The first-order valence-electron chi connectivity index (χ1n) is 4.26. The van der Waals surface area contributed by atoms with E-state index >= 15 is 0 Å². The monoisotopic (exact) mass is 182 g/mol. The summed E-state index contributed by atoms with van der Waals surface area (Å²) in [5.74, 6) is 1.95. The number of carbonyl (C=O) groups excluding carboxylic acids is 1. The van der Waals surface area contributed by atoms with Crippen molar-refractivity contribution >= 4 is 5.78 Å². The molecule has 13 heavy (non-hydrogen) atoms. The van der Waals surface area contributed by atoms with Crippen molar-refractivity contribution in [1.82, 2.24) is 0 Å². The standard InChI is InChI=1S/C10H14O3/c1-4-8(12)9(3,13)10(5-6-10)7(2)11/h1,8,12-13H,5-6H2,2-3H3/t8-,9+/m1/s1. The van der Waals surface area contributed by atoms with Gasteiger partial charge in [0.15, 0.2) is 0 Å². The quantitative estimate of drug-likeness (QED) is 0.609. The van der Waals surface area contributed by atoms with Crippen LogP contribution in [0.2, 0.25) is 0 Å². The third-order valence-corrected chi connectivity index (χ3v) is 3.08. The van der Waals surface area contributed by atoms with Gasteiger partial charge in [-0.2, -0.15) is 0 Å². The van der Waals surface area contributed by atoms with E-state index in [2.05, 4.69) is 5.92 Å². The molecule has 0 aliphatic heterocycles. The van der Waals surface area contributed by atoms with Crippen LogP contribution >= 0.6 is 0 Å². The molecule has 0 unspecified atom stereocenters. The van der Waals surface area contributed by atoms with Crippen LogP contribution in [0.15, 0.2) is 0 Å². The summed E-state index contributed by atoms with van der Waals surface area (Å²) in [5.41, 5.74) is -2.30. The van der Waals surface area contributed by atoms with E-state index in [1.807, 2.05) is 0 Å². The van der Waals surface area contributed by atoms with Crippen molar-refractivity contribution in [3.8, 4) is 12.3 Å². The molecule has 0 saturated heterocycles. The Labute approximate surface area is 77.8 Å². The molecule has 3 heteroatoms. The fourth-order valence-electron chi connectivity index (χ4n) is 1.76. The lowest BCUT2D eigenvalue weighted by atomic mass is 9.79. The molecular formula is C10H14O3. The van der Waals surface area contributed by atoms with Crippen LogP contribution in [0.1, 0.15) is 26.7 Å². The highest BCUT2D eigenvalue weighted by atomic mass is 16.3. The molecule has 2 atom stereocenters. The van der Waals surface area contributed by atoms with Gasteiger partial charge >= 0.3 is 0 Å². The van der Waals surface area contributed by atoms with Gasteiger partial charge in [-0.15, -0.1) is 6.42 Å². The Morgan fingerprint density at radius 2 is 2.15 bits per heavy atom. The molecule has 72 valence electrons. The van der Waals surface area contributed by atoms with Crippen molar-refractivity contribution in [2.24, 2.45) is 5.41 Å². The van der Waals surface area contributed by atoms with E-state index in [1.165, 1.54) is 13.8 Å². The molecule has 0 radical (unpaired) electrons.